The highest BCUT2D eigenvalue weighted by atomic mass is 16.7. The molecule has 2 amide bonds. The van der Waals surface area contributed by atoms with Crippen LogP contribution >= 0.6 is 0 Å². The first-order chi connectivity index (χ1) is 17.6. The summed E-state index contributed by atoms with van der Waals surface area (Å²) in [6, 6.07) is 9.71. The smallest absolute Gasteiger partial charge is 0.248 e. The number of piperazine rings is 1. The van der Waals surface area contributed by atoms with Crippen molar-refractivity contribution in [2.45, 2.75) is 38.1 Å². The topological polar surface area (TPSA) is 100 Å². The number of nitrogens with one attached hydrogen (secondary N) is 1. The van der Waals surface area contributed by atoms with Gasteiger partial charge >= 0.3 is 0 Å². The highest BCUT2D eigenvalue weighted by molar-refractivity contribution is 6.06. The molecule has 4 heterocycles. The fourth-order valence-corrected chi connectivity index (χ4v) is 5.95. The lowest BCUT2D eigenvalue weighted by atomic mass is 9.93. The predicted molar refractivity (Wildman–Crippen MR) is 138 cm³/mol. The van der Waals surface area contributed by atoms with Gasteiger partial charge < -0.3 is 30.3 Å². The fourth-order valence-electron chi connectivity index (χ4n) is 5.95. The van der Waals surface area contributed by atoms with E-state index in [1.54, 1.807) is 6.07 Å². The molecule has 0 aliphatic carbocycles. The van der Waals surface area contributed by atoms with E-state index < -0.39 is 5.91 Å². The van der Waals surface area contributed by atoms with Crippen molar-refractivity contribution < 1.29 is 19.1 Å². The van der Waals surface area contributed by atoms with E-state index in [0.29, 0.717) is 12.4 Å². The van der Waals surface area contributed by atoms with Crippen molar-refractivity contribution in [2.75, 3.05) is 61.2 Å². The van der Waals surface area contributed by atoms with Crippen LogP contribution in [0.4, 0.5) is 17.1 Å². The number of primary amides is 1. The van der Waals surface area contributed by atoms with E-state index >= 15 is 0 Å². The molecule has 36 heavy (non-hydrogen) atoms. The van der Waals surface area contributed by atoms with Crippen molar-refractivity contribution in [3.8, 4) is 11.5 Å². The molecule has 0 spiro atoms. The Hall–Kier alpha value is -3.46. The normalized spacial score (nSPS) is 21.1. The molecule has 0 aromatic heterocycles. The maximum atomic E-state index is 12.7. The number of amides is 2. The molecular formula is C27H33N5O4. The average Bonchev–Trinajstić information content (AvgIpc) is 3.37. The van der Waals surface area contributed by atoms with Gasteiger partial charge in [-0.3, -0.25) is 14.5 Å². The number of fused-ring (bicyclic) bond motifs is 4. The SMILES string of the molecule is NC(=O)c1cc(CCCN2CCN(c3ccc4c(c3)OCO4)CC2)c2c(c1)NC(=O)C1CCCCN21. The molecule has 0 saturated carbocycles. The largest absolute Gasteiger partial charge is 0.454 e. The first kappa shape index (κ1) is 23.0. The van der Waals surface area contributed by atoms with Gasteiger partial charge in [0.15, 0.2) is 11.5 Å². The fraction of sp³-hybridized carbons (Fsp3) is 0.481. The molecule has 6 rings (SSSR count). The first-order valence-electron chi connectivity index (χ1n) is 13.0. The third-order valence-electron chi connectivity index (χ3n) is 7.84. The van der Waals surface area contributed by atoms with E-state index in [0.717, 1.165) is 99.8 Å². The van der Waals surface area contributed by atoms with Crippen LogP contribution in [0.2, 0.25) is 0 Å². The van der Waals surface area contributed by atoms with Crippen LogP contribution in [0.5, 0.6) is 11.5 Å². The van der Waals surface area contributed by atoms with Crippen LogP contribution in [-0.2, 0) is 11.2 Å². The molecule has 9 nitrogen and oxygen atoms in total. The Bertz CT molecular complexity index is 1180. The average molecular weight is 492 g/mol. The number of hydrogen-bond acceptors (Lipinski definition) is 7. The van der Waals surface area contributed by atoms with Crippen molar-refractivity contribution in [3.05, 3.63) is 41.5 Å². The van der Waals surface area contributed by atoms with Crippen molar-refractivity contribution in [2.24, 2.45) is 5.73 Å². The molecule has 2 aromatic carbocycles. The van der Waals surface area contributed by atoms with Gasteiger partial charge in [-0.1, -0.05) is 0 Å². The van der Waals surface area contributed by atoms with Crippen LogP contribution in [0.1, 0.15) is 41.6 Å². The van der Waals surface area contributed by atoms with Gasteiger partial charge in [0.25, 0.3) is 0 Å². The zero-order valence-electron chi connectivity index (χ0n) is 20.5. The van der Waals surface area contributed by atoms with E-state index in [2.05, 4.69) is 32.1 Å². The lowest BCUT2D eigenvalue weighted by molar-refractivity contribution is -0.118. The molecule has 2 fully saturated rings. The Balaban J connectivity index is 1.10. The molecular weight excluding hydrogens is 458 g/mol. The van der Waals surface area contributed by atoms with Crippen LogP contribution in [0.15, 0.2) is 30.3 Å². The minimum Gasteiger partial charge on any atom is -0.454 e. The molecule has 2 aromatic rings. The van der Waals surface area contributed by atoms with Crippen LogP contribution < -0.4 is 30.3 Å². The Labute approximate surface area is 211 Å². The summed E-state index contributed by atoms with van der Waals surface area (Å²) in [7, 11) is 0. The van der Waals surface area contributed by atoms with Crippen molar-refractivity contribution in [3.63, 3.8) is 0 Å². The third-order valence-corrected chi connectivity index (χ3v) is 7.84. The minimum absolute atomic E-state index is 0.0232. The number of nitrogens with zero attached hydrogens (tertiary/aromatic N) is 3. The molecule has 1 unspecified atom stereocenters. The summed E-state index contributed by atoms with van der Waals surface area (Å²) in [6.07, 6.45) is 4.83. The second kappa shape index (κ2) is 9.54. The Morgan fingerprint density at radius 1 is 1.03 bits per heavy atom. The highest BCUT2D eigenvalue weighted by Crippen LogP contribution is 2.40. The molecule has 0 radical (unpaired) electrons. The summed E-state index contributed by atoms with van der Waals surface area (Å²) in [6.45, 7) is 6.08. The molecule has 1 atom stereocenters. The zero-order valence-corrected chi connectivity index (χ0v) is 20.5. The number of anilines is 3. The van der Waals surface area contributed by atoms with E-state index in [1.807, 2.05) is 12.1 Å². The van der Waals surface area contributed by atoms with Gasteiger partial charge in [0.2, 0.25) is 18.6 Å². The lowest BCUT2D eigenvalue weighted by Crippen LogP contribution is -2.51. The summed E-state index contributed by atoms with van der Waals surface area (Å²) in [5.41, 5.74) is 10.2. The molecule has 4 aliphatic heterocycles. The van der Waals surface area contributed by atoms with Crippen molar-refractivity contribution in [1.82, 2.24) is 4.90 Å². The first-order valence-corrected chi connectivity index (χ1v) is 13.0. The molecule has 4 aliphatic rings. The Morgan fingerprint density at radius 3 is 2.69 bits per heavy atom. The van der Waals surface area contributed by atoms with Gasteiger partial charge in [-0.2, -0.15) is 0 Å². The predicted octanol–water partition coefficient (Wildman–Crippen LogP) is 2.58. The maximum absolute atomic E-state index is 12.7. The number of aryl methyl sites for hydroxylation is 1. The lowest BCUT2D eigenvalue weighted by Gasteiger charge is -2.42. The summed E-state index contributed by atoms with van der Waals surface area (Å²) >= 11 is 0. The number of carbonyl (C=O) groups is 2. The molecule has 3 N–H and O–H groups in total. The second-order valence-corrected chi connectivity index (χ2v) is 10.1. The van der Waals surface area contributed by atoms with Crippen LogP contribution in [0.25, 0.3) is 0 Å². The number of hydrogen-bond donors (Lipinski definition) is 2. The van der Waals surface area contributed by atoms with Gasteiger partial charge in [0, 0.05) is 50.0 Å². The number of rotatable bonds is 6. The van der Waals surface area contributed by atoms with Gasteiger partial charge in [-0.05, 0) is 68.5 Å². The monoisotopic (exact) mass is 491 g/mol. The van der Waals surface area contributed by atoms with Crippen LogP contribution in [0, 0.1) is 0 Å². The summed E-state index contributed by atoms with van der Waals surface area (Å²) < 4.78 is 11.0. The number of ether oxygens (including phenoxy) is 2. The maximum Gasteiger partial charge on any atom is 0.248 e. The van der Waals surface area contributed by atoms with Crippen LogP contribution in [-0.4, -0.2) is 68.8 Å². The van der Waals surface area contributed by atoms with Gasteiger partial charge in [0.05, 0.1) is 11.4 Å². The van der Waals surface area contributed by atoms with E-state index in [1.165, 1.54) is 5.69 Å². The molecule has 190 valence electrons. The third kappa shape index (κ3) is 4.32. The number of benzene rings is 2. The van der Waals surface area contributed by atoms with E-state index in [4.69, 9.17) is 15.2 Å². The minimum atomic E-state index is -0.464. The Kier molecular flexibility index (Phi) is 6.08. The van der Waals surface area contributed by atoms with Gasteiger partial charge in [-0.25, -0.2) is 0 Å². The number of nitrogens with two attached hydrogens (primary N) is 1. The van der Waals surface area contributed by atoms with Gasteiger partial charge in [0.1, 0.15) is 6.04 Å². The highest BCUT2D eigenvalue weighted by Gasteiger charge is 2.36. The second-order valence-electron chi connectivity index (χ2n) is 10.1. The van der Waals surface area contributed by atoms with Crippen LogP contribution in [0.3, 0.4) is 0 Å². The summed E-state index contributed by atoms with van der Waals surface area (Å²) in [4.78, 5) is 31.8. The molecule has 9 heteroatoms. The van der Waals surface area contributed by atoms with Crippen molar-refractivity contribution >= 4 is 28.9 Å². The quantitative estimate of drug-likeness (QED) is 0.641. The van der Waals surface area contributed by atoms with Crippen molar-refractivity contribution in [1.29, 1.82) is 0 Å². The molecule has 0 bridgehead atoms. The summed E-state index contributed by atoms with van der Waals surface area (Å²) in [5.74, 6) is 1.20. The standard InChI is InChI=1S/C27H33N5O4/c28-26(33)19-14-18(25-21(15-19)29-27(34)22-5-1-2-9-32(22)25)4-3-8-30-10-12-31(13-11-30)20-6-7-23-24(16-20)36-17-35-23/h6-7,14-16,22H,1-5,8-13,17H2,(H2,28,33)(H,29,34). The van der Waals surface area contributed by atoms with E-state index in [9.17, 15) is 9.59 Å². The zero-order chi connectivity index (χ0) is 24.6. The molecule has 2 saturated heterocycles. The number of carbonyl (C=O) groups excluding carboxylic acids is 2. The van der Waals surface area contributed by atoms with Gasteiger partial charge in [-0.15, -0.1) is 0 Å². The number of piperidine rings is 1. The Morgan fingerprint density at radius 2 is 1.86 bits per heavy atom. The summed E-state index contributed by atoms with van der Waals surface area (Å²) in [5, 5.41) is 3.05. The van der Waals surface area contributed by atoms with E-state index in [-0.39, 0.29) is 11.9 Å².